The van der Waals surface area contributed by atoms with Crippen LogP contribution in [0.2, 0.25) is 0 Å². The normalized spacial score (nSPS) is 16.4. The molecular formula is C37H35F3N8O5. The second-order valence-electron chi connectivity index (χ2n) is 11.6. The molecule has 13 nitrogen and oxygen atoms in total. The maximum atomic E-state index is 14.4. The van der Waals surface area contributed by atoms with E-state index in [0.29, 0.717) is 54.4 Å². The number of rotatable bonds is 7. The maximum absolute atomic E-state index is 14.4. The van der Waals surface area contributed by atoms with Gasteiger partial charge in [-0.3, -0.25) is 0 Å². The molecule has 53 heavy (non-hydrogen) atoms. The van der Waals surface area contributed by atoms with E-state index in [4.69, 9.17) is 24.7 Å². The van der Waals surface area contributed by atoms with Gasteiger partial charge in [0.25, 0.3) is 0 Å². The van der Waals surface area contributed by atoms with Gasteiger partial charge in [-0.05, 0) is 71.8 Å². The quantitative estimate of drug-likeness (QED) is 0.130. The van der Waals surface area contributed by atoms with Gasteiger partial charge in [-0.1, -0.05) is 12.1 Å². The number of anilines is 4. The highest BCUT2D eigenvalue weighted by Crippen LogP contribution is 2.27. The first-order valence-corrected chi connectivity index (χ1v) is 16.3. The number of ether oxygens (including phenoxy) is 3. The van der Waals surface area contributed by atoms with E-state index in [1.54, 1.807) is 30.3 Å². The summed E-state index contributed by atoms with van der Waals surface area (Å²) in [6, 6.07) is 19.5. The van der Waals surface area contributed by atoms with Crippen LogP contribution in [0.5, 0.6) is 5.75 Å². The number of urea groups is 2. The van der Waals surface area contributed by atoms with Crippen molar-refractivity contribution in [1.82, 2.24) is 10.6 Å². The number of nitriles is 2. The van der Waals surface area contributed by atoms with Crippen molar-refractivity contribution in [3.63, 3.8) is 0 Å². The SMILES string of the molecule is COc1ccc(C#N)cc1NC(=O)Nc1ccc([C@H]2CNCCO2)cc1F.N#Cc1cc(NC(=O)Nc2ccc([C@H]3CNCCO3)cc2F)ccc1F. The smallest absolute Gasteiger partial charge is 0.323 e. The lowest BCUT2D eigenvalue weighted by Crippen LogP contribution is -2.33. The lowest BCUT2D eigenvalue weighted by atomic mass is 10.1. The largest absolute Gasteiger partial charge is 0.495 e. The molecule has 0 bridgehead atoms. The van der Waals surface area contributed by atoms with E-state index in [1.807, 2.05) is 6.07 Å². The minimum Gasteiger partial charge on any atom is -0.495 e. The number of benzene rings is 4. The van der Waals surface area contributed by atoms with E-state index in [0.717, 1.165) is 19.2 Å². The predicted molar refractivity (Wildman–Crippen MR) is 190 cm³/mol. The first kappa shape index (κ1) is 38.1. The Morgan fingerprint density at radius 3 is 1.75 bits per heavy atom. The Morgan fingerprint density at radius 2 is 1.26 bits per heavy atom. The van der Waals surface area contributed by atoms with Gasteiger partial charge in [0.05, 0.1) is 66.8 Å². The summed E-state index contributed by atoms with van der Waals surface area (Å²) >= 11 is 0. The Kier molecular flexibility index (Phi) is 13.2. The van der Waals surface area contributed by atoms with Crippen molar-refractivity contribution in [3.8, 4) is 17.9 Å². The van der Waals surface area contributed by atoms with Gasteiger partial charge in [0.1, 0.15) is 29.3 Å². The molecule has 4 aromatic carbocycles. The standard InChI is InChI=1S/C19H19FN4O3.C18H16F2N4O2/c1-26-17-5-2-12(10-21)8-16(17)24-19(25)23-15-4-3-13(9-14(15)20)18-11-22-6-7-27-18;19-14-3-2-13(7-12(14)9-21)23-18(25)24-16-4-1-11(8-15(16)20)17-10-22-5-6-26-17/h2-5,8-9,18,22H,6-7,11H2,1H3,(H2,23,24,25);1-4,7-8,17,22H,5-6,10H2,(H2,23,24,25)/t18-;17-/m11/s1. The van der Waals surface area contributed by atoms with Gasteiger partial charge >= 0.3 is 12.1 Å². The minimum atomic E-state index is -0.706. The number of nitrogens with zero attached hydrogens (tertiary/aromatic N) is 2. The van der Waals surface area contributed by atoms with Gasteiger partial charge < -0.3 is 46.1 Å². The molecule has 2 heterocycles. The molecule has 4 aromatic rings. The van der Waals surface area contributed by atoms with Crippen molar-refractivity contribution in [2.75, 3.05) is 67.8 Å². The monoisotopic (exact) mass is 728 g/mol. The molecule has 0 aliphatic carbocycles. The third kappa shape index (κ3) is 10.4. The van der Waals surface area contributed by atoms with Crippen molar-refractivity contribution in [2.45, 2.75) is 12.2 Å². The molecule has 2 atom stereocenters. The van der Waals surface area contributed by atoms with E-state index < -0.39 is 29.5 Å². The second kappa shape index (κ2) is 18.4. The zero-order valence-corrected chi connectivity index (χ0v) is 28.4. The summed E-state index contributed by atoms with van der Waals surface area (Å²) in [5, 5.41) is 34.0. The van der Waals surface area contributed by atoms with E-state index in [-0.39, 0.29) is 34.8 Å². The van der Waals surface area contributed by atoms with Gasteiger partial charge in [-0.15, -0.1) is 0 Å². The first-order valence-electron chi connectivity index (χ1n) is 16.3. The molecule has 0 aromatic heterocycles. The van der Waals surface area contributed by atoms with Crippen molar-refractivity contribution >= 4 is 34.8 Å². The molecule has 2 aliphatic rings. The summed E-state index contributed by atoms with van der Waals surface area (Å²) in [4.78, 5) is 24.2. The Labute approximate surface area is 303 Å². The van der Waals surface area contributed by atoms with Crippen LogP contribution in [-0.4, -0.2) is 58.6 Å². The van der Waals surface area contributed by atoms with Gasteiger partial charge in [-0.2, -0.15) is 10.5 Å². The number of hydrogen-bond acceptors (Lipinski definition) is 9. The average molecular weight is 729 g/mol. The molecule has 0 saturated carbocycles. The summed E-state index contributed by atoms with van der Waals surface area (Å²) in [5.41, 5.74) is 2.12. The number of halogens is 3. The van der Waals surface area contributed by atoms with Crippen LogP contribution >= 0.6 is 0 Å². The molecule has 2 aliphatic heterocycles. The molecule has 0 radical (unpaired) electrons. The zero-order chi connectivity index (χ0) is 37.7. The van der Waals surface area contributed by atoms with Crippen LogP contribution in [0.3, 0.4) is 0 Å². The molecule has 16 heteroatoms. The van der Waals surface area contributed by atoms with Gasteiger partial charge in [0.15, 0.2) is 0 Å². The van der Waals surface area contributed by atoms with Crippen LogP contribution in [0.1, 0.15) is 34.5 Å². The number of hydrogen-bond donors (Lipinski definition) is 6. The molecule has 0 spiro atoms. The van der Waals surface area contributed by atoms with Crippen LogP contribution in [-0.2, 0) is 9.47 Å². The molecular weight excluding hydrogens is 693 g/mol. The Bertz CT molecular complexity index is 2020. The van der Waals surface area contributed by atoms with Gasteiger partial charge in [0.2, 0.25) is 0 Å². The Morgan fingerprint density at radius 1 is 0.698 bits per heavy atom. The van der Waals surface area contributed by atoms with E-state index >= 15 is 0 Å². The lowest BCUT2D eigenvalue weighted by molar-refractivity contribution is 0.0275. The highest BCUT2D eigenvalue weighted by atomic mass is 19.1. The number of nitrogens with one attached hydrogen (secondary N) is 6. The number of carbonyl (C=O) groups excluding carboxylic acids is 2. The van der Waals surface area contributed by atoms with Crippen molar-refractivity contribution in [2.24, 2.45) is 0 Å². The Hall–Kier alpha value is -6.17. The molecule has 274 valence electrons. The van der Waals surface area contributed by atoms with Crippen molar-refractivity contribution in [1.29, 1.82) is 10.5 Å². The molecule has 4 amide bonds. The molecule has 2 saturated heterocycles. The number of carbonyl (C=O) groups is 2. The topological polar surface area (TPSA) is 182 Å². The van der Waals surface area contributed by atoms with E-state index in [9.17, 15) is 22.8 Å². The Balaban J connectivity index is 0.000000204. The first-order chi connectivity index (χ1) is 25.7. The van der Waals surface area contributed by atoms with E-state index in [1.165, 1.54) is 49.6 Å². The fraction of sp³-hybridized carbons (Fsp3) is 0.243. The summed E-state index contributed by atoms with van der Waals surface area (Å²) in [7, 11) is 1.45. The summed E-state index contributed by atoms with van der Waals surface area (Å²) in [6.07, 6.45) is -0.446. The van der Waals surface area contributed by atoms with E-state index in [2.05, 4.69) is 31.9 Å². The third-order valence-corrected chi connectivity index (χ3v) is 8.00. The van der Waals surface area contributed by atoms with Crippen molar-refractivity contribution in [3.05, 3.63) is 113 Å². The number of amides is 4. The van der Waals surface area contributed by atoms with Crippen LogP contribution in [0.25, 0.3) is 0 Å². The second-order valence-corrected chi connectivity index (χ2v) is 11.6. The molecule has 6 rings (SSSR count). The van der Waals surface area contributed by atoms with Gasteiger partial charge in [0, 0.05) is 31.9 Å². The summed E-state index contributed by atoms with van der Waals surface area (Å²) < 4.78 is 58.2. The molecule has 2 fully saturated rings. The van der Waals surface area contributed by atoms with Gasteiger partial charge in [-0.25, -0.2) is 22.8 Å². The van der Waals surface area contributed by atoms with Crippen LogP contribution < -0.4 is 36.6 Å². The minimum absolute atomic E-state index is 0.00219. The van der Waals surface area contributed by atoms with Crippen molar-refractivity contribution < 1.29 is 37.0 Å². The highest BCUT2D eigenvalue weighted by molar-refractivity contribution is 6.01. The highest BCUT2D eigenvalue weighted by Gasteiger charge is 2.19. The predicted octanol–water partition coefficient (Wildman–Crippen LogP) is 6.15. The zero-order valence-electron chi connectivity index (χ0n) is 28.4. The molecule has 0 unspecified atom stereocenters. The van der Waals surface area contributed by atoms with Crippen LogP contribution in [0.15, 0.2) is 72.8 Å². The summed E-state index contributed by atoms with van der Waals surface area (Å²) in [6.45, 7) is 3.86. The maximum Gasteiger partial charge on any atom is 0.323 e. The fourth-order valence-corrected chi connectivity index (χ4v) is 5.35. The molecule has 6 N–H and O–H groups in total. The van der Waals surface area contributed by atoms with Crippen LogP contribution in [0, 0.1) is 40.1 Å². The lowest BCUT2D eigenvalue weighted by Gasteiger charge is -2.24. The number of morpholine rings is 2. The fourth-order valence-electron chi connectivity index (χ4n) is 5.35. The third-order valence-electron chi connectivity index (χ3n) is 8.00. The number of methoxy groups -OCH3 is 1. The average Bonchev–Trinajstić information content (AvgIpc) is 3.18. The van der Waals surface area contributed by atoms with Crippen LogP contribution in [0.4, 0.5) is 45.5 Å². The summed E-state index contributed by atoms with van der Waals surface area (Å²) in [5.74, 6) is -1.44.